The SMILES string of the molecule is C=C(C)C(=O)OCC.CC.Oc1ccccc1-n1nc2ccccc2n1.[CH3-].[Y]. The Morgan fingerprint density at radius 2 is 1.54 bits per heavy atom. The van der Waals surface area contributed by atoms with E-state index >= 15 is 0 Å². The van der Waals surface area contributed by atoms with Gasteiger partial charge in [-0.2, -0.15) is 0 Å². The van der Waals surface area contributed by atoms with Gasteiger partial charge >= 0.3 is 5.97 Å². The van der Waals surface area contributed by atoms with Gasteiger partial charge in [-0.25, -0.2) is 4.79 Å². The van der Waals surface area contributed by atoms with Crippen molar-refractivity contribution in [3.63, 3.8) is 0 Å². The van der Waals surface area contributed by atoms with Crippen molar-refractivity contribution in [3.8, 4) is 11.4 Å². The number of carbonyl (C=O) groups excluding carboxylic acids is 1. The summed E-state index contributed by atoms with van der Waals surface area (Å²) in [4.78, 5) is 11.9. The van der Waals surface area contributed by atoms with Crippen LogP contribution in [-0.4, -0.2) is 32.7 Å². The molecule has 1 radical (unpaired) electrons. The molecule has 6 nitrogen and oxygen atoms in total. The van der Waals surface area contributed by atoms with Crippen LogP contribution in [0.5, 0.6) is 5.75 Å². The van der Waals surface area contributed by atoms with Gasteiger partial charge in [-0.05, 0) is 38.1 Å². The van der Waals surface area contributed by atoms with E-state index in [1.54, 1.807) is 32.0 Å². The standard InChI is InChI=1S/C12H9N3O.C6H10O2.C2H6.CH3.Y/c16-12-8-4-3-7-11(12)15-13-9-5-1-2-6-10(9)14-15;1-4-8-6(7)5(2)3;1-2;;/h1-8,16H;2,4H2,1,3H3;1-2H3;1H3;/q;;;-1;. The molecule has 1 N–H and O–H groups in total. The maximum Gasteiger partial charge on any atom is 0.333 e. The van der Waals surface area contributed by atoms with Gasteiger partial charge < -0.3 is 17.3 Å². The smallest absolute Gasteiger partial charge is 0.333 e. The first-order chi connectivity index (χ1) is 12.5. The molecule has 1 heterocycles. The molecular weight excluding hydrogens is 431 g/mol. The molecule has 3 rings (SSSR count). The summed E-state index contributed by atoms with van der Waals surface area (Å²) in [5, 5.41) is 18.3. The molecule has 0 fully saturated rings. The van der Waals surface area contributed by atoms with Gasteiger partial charge in [0.1, 0.15) is 22.5 Å². The van der Waals surface area contributed by atoms with Crippen LogP contribution in [0.15, 0.2) is 60.7 Å². The Labute approximate surface area is 192 Å². The zero-order chi connectivity index (χ0) is 19.5. The molecule has 0 aliphatic heterocycles. The molecule has 28 heavy (non-hydrogen) atoms. The summed E-state index contributed by atoms with van der Waals surface area (Å²) in [5.41, 5.74) is 2.65. The second kappa shape index (κ2) is 14.9. The van der Waals surface area contributed by atoms with Gasteiger partial charge in [-0.15, -0.1) is 15.0 Å². The number of carbonyl (C=O) groups is 1. The Balaban J connectivity index is 0. The predicted molar refractivity (Wildman–Crippen MR) is 110 cm³/mol. The number of para-hydroxylation sites is 2. The Bertz CT molecular complexity index is 830. The number of phenols is 1. The number of hydrogen-bond donors (Lipinski definition) is 1. The average Bonchev–Trinajstić information content (AvgIpc) is 3.08. The first kappa shape index (κ1) is 28.2. The third kappa shape index (κ3) is 8.32. The molecule has 0 bridgehead atoms. The first-order valence-corrected chi connectivity index (χ1v) is 8.46. The molecule has 149 valence electrons. The van der Waals surface area contributed by atoms with E-state index in [2.05, 4.69) is 21.5 Å². The van der Waals surface area contributed by atoms with Crippen LogP contribution in [0.2, 0.25) is 0 Å². The van der Waals surface area contributed by atoms with Gasteiger partial charge in [-0.3, -0.25) is 0 Å². The largest absolute Gasteiger partial charge is 0.506 e. The number of esters is 1. The Morgan fingerprint density at radius 3 is 1.93 bits per heavy atom. The van der Waals surface area contributed by atoms with Crippen LogP contribution in [0.3, 0.4) is 0 Å². The van der Waals surface area contributed by atoms with Gasteiger partial charge in [-0.1, -0.05) is 44.7 Å². The maximum atomic E-state index is 10.4. The fourth-order valence-corrected chi connectivity index (χ4v) is 1.86. The van der Waals surface area contributed by atoms with E-state index in [1.807, 2.05) is 44.2 Å². The Kier molecular flexibility index (Phi) is 15.0. The number of nitrogens with zero attached hydrogens (tertiary/aromatic N) is 3. The maximum absolute atomic E-state index is 10.4. The summed E-state index contributed by atoms with van der Waals surface area (Å²) in [7, 11) is 0. The van der Waals surface area contributed by atoms with Crippen molar-refractivity contribution in [1.82, 2.24) is 15.0 Å². The Morgan fingerprint density at radius 1 is 1.07 bits per heavy atom. The van der Waals surface area contributed by atoms with E-state index < -0.39 is 0 Å². The summed E-state index contributed by atoms with van der Waals surface area (Å²) in [6, 6.07) is 14.6. The van der Waals surface area contributed by atoms with E-state index in [4.69, 9.17) is 0 Å². The van der Waals surface area contributed by atoms with Crippen molar-refractivity contribution in [3.05, 3.63) is 68.1 Å². The molecule has 0 amide bonds. The minimum Gasteiger partial charge on any atom is -0.506 e. The van der Waals surface area contributed by atoms with E-state index in [1.165, 1.54) is 4.80 Å². The van der Waals surface area contributed by atoms with Crippen molar-refractivity contribution in [2.45, 2.75) is 27.7 Å². The number of aromatic hydroxyl groups is 1. The minimum absolute atomic E-state index is 0. The second-order valence-electron chi connectivity index (χ2n) is 4.97. The van der Waals surface area contributed by atoms with Crippen LogP contribution in [-0.2, 0) is 42.2 Å². The number of rotatable bonds is 3. The molecule has 0 aliphatic carbocycles. The van der Waals surface area contributed by atoms with Crippen LogP contribution < -0.4 is 0 Å². The van der Waals surface area contributed by atoms with Crippen LogP contribution in [0.4, 0.5) is 0 Å². The van der Waals surface area contributed by atoms with Gasteiger partial charge in [0.2, 0.25) is 0 Å². The van der Waals surface area contributed by atoms with Gasteiger partial charge in [0.25, 0.3) is 0 Å². The molecule has 7 heteroatoms. The van der Waals surface area contributed by atoms with E-state index in [9.17, 15) is 9.90 Å². The number of fused-ring (bicyclic) bond motifs is 1. The second-order valence-corrected chi connectivity index (χ2v) is 4.97. The van der Waals surface area contributed by atoms with Crippen molar-refractivity contribution in [2.24, 2.45) is 0 Å². The molecule has 0 aliphatic rings. The zero-order valence-corrected chi connectivity index (χ0v) is 20.1. The zero-order valence-electron chi connectivity index (χ0n) is 17.2. The number of phenolic OH excluding ortho intramolecular Hbond substituents is 1. The van der Waals surface area contributed by atoms with Crippen LogP contribution in [0, 0.1) is 7.43 Å². The summed E-state index contributed by atoms with van der Waals surface area (Å²) in [6.07, 6.45) is 0. The summed E-state index contributed by atoms with van der Waals surface area (Å²) < 4.78 is 4.56. The van der Waals surface area contributed by atoms with Crippen molar-refractivity contribution < 1.29 is 47.3 Å². The first-order valence-electron chi connectivity index (χ1n) is 8.46. The molecular formula is C21H28N3O3Y-. The summed E-state index contributed by atoms with van der Waals surface area (Å²) in [5.74, 6) is -0.143. The van der Waals surface area contributed by atoms with Crippen molar-refractivity contribution in [1.29, 1.82) is 0 Å². The predicted octanol–water partition coefficient (Wildman–Crippen LogP) is 4.73. The number of hydrogen-bond acceptors (Lipinski definition) is 5. The molecule has 3 aromatic rings. The monoisotopic (exact) mass is 459 g/mol. The third-order valence-electron chi connectivity index (χ3n) is 3.01. The molecule has 0 atom stereocenters. The topological polar surface area (TPSA) is 77.2 Å². The minimum atomic E-state index is -0.312. The third-order valence-corrected chi connectivity index (χ3v) is 3.01. The molecule has 0 unspecified atom stereocenters. The van der Waals surface area contributed by atoms with Crippen LogP contribution in [0.1, 0.15) is 27.7 Å². The molecule has 1 aromatic heterocycles. The molecule has 2 aromatic carbocycles. The van der Waals surface area contributed by atoms with E-state index in [-0.39, 0.29) is 51.9 Å². The quantitative estimate of drug-likeness (QED) is 0.348. The summed E-state index contributed by atoms with van der Waals surface area (Å²) >= 11 is 0. The van der Waals surface area contributed by atoms with Gasteiger partial charge in [0, 0.05) is 38.3 Å². The summed E-state index contributed by atoms with van der Waals surface area (Å²) in [6.45, 7) is 11.2. The van der Waals surface area contributed by atoms with E-state index in [0.717, 1.165) is 11.0 Å². The number of ether oxygens (including phenoxy) is 1. The van der Waals surface area contributed by atoms with Crippen LogP contribution in [0.25, 0.3) is 16.7 Å². The molecule has 0 saturated heterocycles. The Hall–Kier alpha value is -2.05. The normalized spacial score (nSPS) is 8.71. The molecule has 0 spiro atoms. The average molecular weight is 459 g/mol. The molecule has 0 saturated carbocycles. The van der Waals surface area contributed by atoms with Gasteiger partial charge in [0.15, 0.2) is 0 Å². The van der Waals surface area contributed by atoms with Crippen LogP contribution >= 0.6 is 0 Å². The van der Waals surface area contributed by atoms with Crippen molar-refractivity contribution >= 4 is 17.0 Å². The van der Waals surface area contributed by atoms with E-state index in [0.29, 0.717) is 17.9 Å². The van der Waals surface area contributed by atoms with Crippen molar-refractivity contribution in [2.75, 3.05) is 6.61 Å². The number of aromatic nitrogens is 3. The number of benzene rings is 2. The fraction of sp³-hybridized carbons (Fsp3) is 0.238. The fourth-order valence-electron chi connectivity index (χ4n) is 1.86. The van der Waals surface area contributed by atoms with Gasteiger partial charge in [0.05, 0.1) is 6.61 Å².